The number of nitrogens with zero attached hydrogens (tertiary/aromatic N) is 1. The lowest BCUT2D eigenvalue weighted by atomic mass is 9.67. The molecule has 2 bridgehead atoms. The highest BCUT2D eigenvalue weighted by Crippen LogP contribution is 2.67. The maximum atomic E-state index is 13.7. The fraction of sp³-hybridized carbons (Fsp3) is 0.545. The van der Waals surface area contributed by atoms with Crippen LogP contribution in [0.15, 0.2) is 30.3 Å². The normalized spacial score (nSPS) is 33.5. The van der Waals surface area contributed by atoms with Crippen molar-refractivity contribution in [3.8, 4) is 11.8 Å². The van der Waals surface area contributed by atoms with Gasteiger partial charge in [-0.15, -0.1) is 0 Å². The summed E-state index contributed by atoms with van der Waals surface area (Å²) in [5.74, 6) is 6.37. The Morgan fingerprint density at radius 1 is 1.30 bits per heavy atom. The highest BCUT2D eigenvalue weighted by Gasteiger charge is 2.70. The first-order valence-electron chi connectivity index (χ1n) is 9.51. The molecule has 1 aliphatic heterocycles. The van der Waals surface area contributed by atoms with E-state index in [2.05, 4.69) is 25.7 Å². The SMILES string of the molecule is CO[C@@H]1C[C@H]2CC[C@]1(C(=O)N1C(=O)OC[C@@H]1C#Cc1ccccc1)C2(C)C. The summed E-state index contributed by atoms with van der Waals surface area (Å²) >= 11 is 0. The van der Waals surface area contributed by atoms with Gasteiger partial charge in [0.15, 0.2) is 0 Å². The van der Waals surface area contributed by atoms with Crippen molar-refractivity contribution in [2.45, 2.75) is 45.3 Å². The molecule has 4 rings (SSSR count). The van der Waals surface area contributed by atoms with E-state index in [0.717, 1.165) is 24.8 Å². The number of methoxy groups -OCH3 is 1. The maximum absolute atomic E-state index is 13.7. The second-order valence-corrected chi connectivity index (χ2v) is 8.29. The van der Waals surface area contributed by atoms with Gasteiger partial charge >= 0.3 is 6.09 Å². The number of carbonyl (C=O) groups excluding carboxylic acids is 2. The van der Waals surface area contributed by atoms with Crippen molar-refractivity contribution in [3.63, 3.8) is 0 Å². The third-order valence-electron chi connectivity index (χ3n) is 7.02. The molecule has 2 aliphatic carbocycles. The van der Waals surface area contributed by atoms with Gasteiger partial charge in [-0.05, 0) is 42.7 Å². The molecule has 3 aliphatic rings. The molecule has 142 valence electrons. The van der Waals surface area contributed by atoms with E-state index < -0.39 is 17.6 Å². The Balaban J connectivity index is 1.67. The molecular weight excluding hydrogens is 342 g/mol. The predicted octanol–water partition coefficient (Wildman–Crippen LogP) is 3.23. The minimum absolute atomic E-state index is 0.113. The van der Waals surface area contributed by atoms with Gasteiger partial charge in [0.2, 0.25) is 5.91 Å². The minimum Gasteiger partial charge on any atom is -0.446 e. The van der Waals surface area contributed by atoms with Gasteiger partial charge in [-0.25, -0.2) is 9.69 Å². The molecule has 1 aromatic rings. The molecule has 1 aromatic carbocycles. The number of imide groups is 1. The van der Waals surface area contributed by atoms with Gasteiger partial charge in [0, 0.05) is 12.7 Å². The van der Waals surface area contributed by atoms with Crippen molar-refractivity contribution in [3.05, 3.63) is 35.9 Å². The van der Waals surface area contributed by atoms with E-state index in [1.165, 1.54) is 4.90 Å². The van der Waals surface area contributed by atoms with Crippen LogP contribution in [0.25, 0.3) is 0 Å². The Kier molecular flexibility index (Phi) is 4.27. The van der Waals surface area contributed by atoms with Crippen LogP contribution >= 0.6 is 0 Å². The summed E-state index contributed by atoms with van der Waals surface area (Å²) in [6.07, 6.45) is 1.82. The number of hydrogen-bond donors (Lipinski definition) is 0. The van der Waals surface area contributed by atoms with Crippen LogP contribution in [-0.2, 0) is 14.3 Å². The molecule has 0 aromatic heterocycles. The van der Waals surface area contributed by atoms with Gasteiger partial charge in [0.25, 0.3) is 0 Å². The Morgan fingerprint density at radius 3 is 2.70 bits per heavy atom. The lowest BCUT2D eigenvalue weighted by Crippen LogP contribution is -2.55. The first kappa shape index (κ1) is 18.1. The minimum atomic E-state index is -0.692. The van der Waals surface area contributed by atoms with Crippen LogP contribution in [0.1, 0.15) is 38.7 Å². The van der Waals surface area contributed by atoms with E-state index in [4.69, 9.17) is 9.47 Å². The van der Waals surface area contributed by atoms with E-state index in [1.54, 1.807) is 7.11 Å². The number of cyclic esters (lactones) is 1. The van der Waals surface area contributed by atoms with Crippen LogP contribution in [0.3, 0.4) is 0 Å². The number of rotatable bonds is 2. The number of carbonyl (C=O) groups is 2. The molecule has 1 heterocycles. The second kappa shape index (κ2) is 6.38. The van der Waals surface area contributed by atoms with E-state index >= 15 is 0 Å². The molecule has 1 saturated heterocycles. The topological polar surface area (TPSA) is 55.8 Å². The number of fused-ring (bicyclic) bond motifs is 2. The van der Waals surface area contributed by atoms with Gasteiger partial charge in [0.1, 0.15) is 12.6 Å². The number of hydrogen-bond acceptors (Lipinski definition) is 4. The first-order chi connectivity index (χ1) is 12.9. The van der Waals surface area contributed by atoms with Crippen molar-refractivity contribution < 1.29 is 19.1 Å². The Morgan fingerprint density at radius 2 is 2.04 bits per heavy atom. The van der Waals surface area contributed by atoms with Crippen LogP contribution < -0.4 is 0 Å². The quantitative estimate of drug-likeness (QED) is 0.753. The molecule has 5 heteroatoms. The number of benzene rings is 1. The Labute approximate surface area is 160 Å². The van der Waals surface area contributed by atoms with Crippen LogP contribution in [0.4, 0.5) is 4.79 Å². The average molecular weight is 367 g/mol. The largest absolute Gasteiger partial charge is 0.446 e. The van der Waals surface area contributed by atoms with Crippen molar-refractivity contribution >= 4 is 12.0 Å². The molecule has 2 amide bonds. The summed E-state index contributed by atoms with van der Waals surface area (Å²) in [5, 5.41) is 0. The van der Waals surface area contributed by atoms with Crippen molar-refractivity contribution in [2.24, 2.45) is 16.7 Å². The molecule has 27 heavy (non-hydrogen) atoms. The second-order valence-electron chi connectivity index (χ2n) is 8.29. The zero-order valence-corrected chi connectivity index (χ0v) is 16.0. The fourth-order valence-corrected chi connectivity index (χ4v) is 5.37. The number of amides is 2. The molecule has 4 atom stereocenters. The molecule has 0 unspecified atom stereocenters. The monoisotopic (exact) mass is 367 g/mol. The van der Waals surface area contributed by atoms with E-state index in [9.17, 15) is 9.59 Å². The predicted molar refractivity (Wildman–Crippen MR) is 99.7 cm³/mol. The summed E-state index contributed by atoms with van der Waals surface area (Å²) in [7, 11) is 1.66. The van der Waals surface area contributed by atoms with E-state index in [-0.39, 0.29) is 24.0 Å². The number of ether oxygens (including phenoxy) is 2. The van der Waals surface area contributed by atoms with Gasteiger partial charge in [-0.1, -0.05) is 43.9 Å². The van der Waals surface area contributed by atoms with E-state index in [1.807, 2.05) is 30.3 Å². The highest BCUT2D eigenvalue weighted by atomic mass is 16.6. The zero-order valence-electron chi connectivity index (χ0n) is 16.0. The summed E-state index contributed by atoms with van der Waals surface area (Å²) in [4.78, 5) is 27.4. The zero-order chi connectivity index (χ0) is 19.2. The van der Waals surface area contributed by atoms with Crippen molar-refractivity contribution in [1.29, 1.82) is 0 Å². The molecule has 3 fully saturated rings. The summed E-state index contributed by atoms with van der Waals surface area (Å²) < 4.78 is 10.9. The standard InChI is InChI=1S/C22H25NO4/c1-21(2)16-11-12-22(21,18(13-16)26-3)19(24)23-17(14-27-20(23)25)10-9-15-7-5-4-6-8-15/h4-8,16-18H,11-14H2,1-3H3/t16-,17+,18-,22+/m1/s1. The van der Waals surface area contributed by atoms with Gasteiger partial charge in [0.05, 0.1) is 11.5 Å². The summed E-state index contributed by atoms with van der Waals surface area (Å²) in [6.45, 7) is 4.38. The van der Waals surface area contributed by atoms with Crippen LogP contribution in [-0.4, -0.2) is 42.8 Å². The van der Waals surface area contributed by atoms with E-state index in [0.29, 0.717) is 5.92 Å². The van der Waals surface area contributed by atoms with Crippen molar-refractivity contribution in [1.82, 2.24) is 4.90 Å². The maximum Gasteiger partial charge on any atom is 0.417 e. The third-order valence-corrected chi connectivity index (χ3v) is 7.02. The third kappa shape index (κ3) is 2.50. The van der Waals surface area contributed by atoms with Crippen LogP contribution in [0.5, 0.6) is 0 Å². The average Bonchev–Trinajstić information content (AvgIpc) is 3.25. The lowest BCUT2D eigenvalue weighted by molar-refractivity contribution is -0.153. The first-order valence-corrected chi connectivity index (χ1v) is 9.51. The van der Waals surface area contributed by atoms with Gasteiger partial charge in [-0.2, -0.15) is 0 Å². The summed E-state index contributed by atoms with van der Waals surface area (Å²) in [6, 6.07) is 8.98. The molecule has 0 spiro atoms. The molecule has 5 nitrogen and oxygen atoms in total. The van der Waals surface area contributed by atoms with Crippen LogP contribution in [0, 0.1) is 28.6 Å². The van der Waals surface area contributed by atoms with Gasteiger partial charge in [-0.3, -0.25) is 4.79 Å². The molecule has 0 radical (unpaired) electrons. The molecular formula is C22H25NO4. The Hall–Kier alpha value is -2.32. The van der Waals surface area contributed by atoms with Gasteiger partial charge < -0.3 is 9.47 Å². The summed E-state index contributed by atoms with van der Waals surface area (Å²) in [5.41, 5.74) is -0.0627. The Bertz CT molecular complexity index is 822. The van der Waals surface area contributed by atoms with Crippen molar-refractivity contribution in [2.75, 3.05) is 13.7 Å². The van der Waals surface area contributed by atoms with Crippen LogP contribution in [0.2, 0.25) is 0 Å². The fourth-order valence-electron chi connectivity index (χ4n) is 5.37. The molecule has 2 saturated carbocycles. The lowest BCUT2D eigenvalue weighted by Gasteiger charge is -2.42. The smallest absolute Gasteiger partial charge is 0.417 e. The molecule has 0 N–H and O–H groups in total. The highest BCUT2D eigenvalue weighted by molar-refractivity contribution is 5.98.